The van der Waals surface area contributed by atoms with Gasteiger partial charge in [0.15, 0.2) is 0 Å². The number of amides is 1. The van der Waals surface area contributed by atoms with E-state index in [2.05, 4.69) is 43.1 Å². The number of carbonyl (C=O) groups excluding carboxylic acids is 1. The first-order valence-electron chi connectivity index (χ1n) is 7.55. The number of rotatable bonds is 4. The highest BCUT2D eigenvalue weighted by atomic mass is 16.1. The molecule has 20 heavy (non-hydrogen) atoms. The lowest BCUT2D eigenvalue weighted by molar-refractivity contribution is -0.126. The molecule has 1 saturated carbocycles. The van der Waals surface area contributed by atoms with E-state index in [4.69, 9.17) is 0 Å². The fourth-order valence-corrected chi connectivity index (χ4v) is 2.80. The smallest absolute Gasteiger partial charge is 0.223 e. The van der Waals surface area contributed by atoms with Gasteiger partial charge in [0.2, 0.25) is 5.91 Å². The average Bonchev–Trinajstić information content (AvgIpc) is 2.84. The molecule has 1 heterocycles. The van der Waals surface area contributed by atoms with E-state index < -0.39 is 0 Å². The Labute approximate surface area is 121 Å². The summed E-state index contributed by atoms with van der Waals surface area (Å²) in [6.45, 7) is 9.15. The number of carbonyl (C=O) groups is 1. The zero-order valence-electron chi connectivity index (χ0n) is 13.0. The van der Waals surface area contributed by atoms with Crippen LogP contribution in [0.1, 0.15) is 65.2 Å². The second-order valence-electron chi connectivity index (χ2n) is 6.87. The molecule has 1 aliphatic rings. The number of hydrogen-bond donors (Lipinski definition) is 1. The third-order valence-electron chi connectivity index (χ3n) is 4.27. The van der Waals surface area contributed by atoms with Crippen LogP contribution >= 0.6 is 0 Å². The maximum Gasteiger partial charge on any atom is 0.223 e. The molecule has 1 fully saturated rings. The van der Waals surface area contributed by atoms with Crippen molar-refractivity contribution < 1.29 is 4.79 Å². The molecular weight excluding hydrogens is 252 g/mol. The summed E-state index contributed by atoms with van der Waals surface area (Å²) in [5.41, 5.74) is 0.397. The van der Waals surface area contributed by atoms with E-state index in [9.17, 15) is 4.79 Å². The van der Waals surface area contributed by atoms with Gasteiger partial charge < -0.3 is 5.32 Å². The molecule has 5 heteroatoms. The molecule has 1 aromatic heterocycles. The summed E-state index contributed by atoms with van der Waals surface area (Å²) < 4.78 is 1.85. The van der Waals surface area contributed by atoms with E-state index in [0.29, 0.717) is 12.0 Å². The molecule has 1 aromatic rings. The molecule has 0 spiro atoms. The number of hydrogen-bond acceptors (Lipinski definition) is 3. The van der Waals surface area contributed by atoms with Crippen LogP contribution in [-0.4, -0.2) is 20.7 Å². The molecule has 5 nitrogen and oxygen atoms in total. The van der Waals surface area contributed by atoms with Crippen LogP contribution < -0.4 is 5.32 Å². The standard InChI is InChI=1S/C15H26N4O/c1-11(2)19-13(17-10-18-19)9-16-14(20)12-5-7-15(3,4)8-6-12/h10-12H,5-9H2,1-4H3,(H,16,20). The van der Waals surface area contributed by atoms with Crippen LogP contribution in [0.4, 0.5) is 0 Å². The van der Waals surface area contributed by atoms with Crippen molar-refractivity contribution >= 4 is 5.91 Å². The largest absolute Gasteiger partial charge is 0.349 e. The van der Waals surface area contributed by atoms with E-state index in [-0.39, 0.29) is 17.9 Å². The number of nitrogens with one attached hydrogen (secondary N) is 1. The molecule has 0 radical (unpaired) electrons. The molecule has 0 aliphatic heterocycles. The first kappa shape index (κ1) is 15.0. The second-order valence-corrected chi connectivity index (χ2v) is 6.87. The van der Waals surface area contributed by atoms with Crippen molar-refractivity contribution in [2.75, 3.05) is 0 Å². The highest BCUT2D eigenvalue weighted by Gasteiger charge is 2.30. The highest BCUT2D eigenvalue weighted by molar-refractivity contribution is 5.78. The first-order valence-corrected chi connectivity index (χ1v) is 7.55. The van der Waals surface area contributed by atoms with Gasteiger partial charge in [0.25, 0.3) is 0 Å². The zero-order chi connectivity index (χ0) is 14.8. The predicted molar refractivity (Wildman–Crippen MR) is 78.0 cm³/mol. The minimum atomic E-state index is 0.165. The van der Waals surface area contributed by atoms with Crippen LogP contribution in [0.2, 0.25) is 0 Å². The first-order chi connectivity index (χ1) is 9.39. The predicted octanol–water partition coefficient (Wildman–Crippen LogP) is 2.69. The summed E-state index contributed by atoms with van der Waals surface area (Å²) in [7, 11) is 0. The number of aromatic nitrogens is 3. The van der Waals surface area contributed by atoms with Crippen LogP contribution in [0.3, 0.4) is 0 Å². The maximum absolute atomic E-state index is 12.2. The lowest BCUT2D eigenvalue weighted by Crippen LogP contribution is -2.35. The van der Waals surface area contributed by atoms with E-state index in [1.54, 1.807) is 6.33 Å². The SMILES string of the molecule is CC(C)n1ncnc1CNC(=O)C1CCC(C)(C)CC1. The Morgan fingerprint density at radius 2 is 2.10 bits per heavy atom. The summed E-state index contributed by atoms with van der Waals surface area (Å²) in [4.78, 5) is 16.4. The van der Waals surface area contributed by atoms with Crippen molar-refractivity contribution in [2.24, 2.45) is 11.3 Å². The topological polar surface area (TPSA) is 59.8 Å². The van der Waals surface area contributed by atoms with E-state index >= 15 is 0 Å². The molecule has 0 atom stereocenters. The lowest BCUT2D eigenvalue weighted by Gasteiger charge is -2.33. The van der Waals surface area contributed by atoms with Crippen molar-refractivity contribution in [3.8, 4) is 0 Å². The van der Waals surface area contributed by atoms with Gasteiger partial charge in [-0.15, -0.1) is 0 Å². The fraction of sp³-hybridized carbons (Fsp3) is 0.800. The molecular formula is C15H26N4O. The zero-order valence-corrected chi connectivity index (χ0v) is 13.0. The van der Waals surface area contributed by atoms with Gasteiger partial charge in [0.05, 0.1) is 6.54 Å². The van der Waals surface area contributed by atoms with Gasteiger partial charge in [-0.2, -0.15) is 5.10 Å². The minimum absolute atomic E-state index is 0.165. The summed E-state index contributed by atoms with van der Waals surface area (Å²) in [6, 6.07) is 0.264. The van der Waals surface area contributed by atoms with Crippen LogP contribution in [0.15, 0.2) is 6.33 Å². The summed E-state index contributed by atoms with van der Waals surface area (Å²) in [6.07, 6.45) is 5.80. The van der Waals surface area contributed by atoms with Gasteiger partial charge in [0, 0.05) is 12.0 Å². The van der Waals surface area contributed by atoms with Crippen LogP contribution in [0.5, 0.6) is 0 Å². The van der Waals surface area contributed by atoms with Gasteiger partial charge in [-0.05, 0) is 44.9 Å². The average molecular weight is 278 g/mol. The Bertz CT molecular complexity index is 454. The molecule has 1 aliphatic carbocycles. The molecule has 1 amide bonds. The summed E-state index contributed by atoms with van der Waals surface area (Å²) in [5, 5.41) is 7.19. The quantitative estimate of drug-likeness (QED) is 0.921. The van der Waals surface area contributed by atoms with Crippen molar-refractivity contribution in [1.82, 2.24) is 20.1 Å². The van der Waals surface area contributed by atoms with Crippen molar-refractivity contribution in [1.29, 1.82) is 0 Å². The van der Waals surface area contributed by atoms with Gasteiger partial charge in [-0.3, -0.25) is 4.79 Å². The van der Waals surface area contributed by atoms with Crippen molar-refractivity contribution in [2.45, 2.75) is 66.0 Å². The molecule has 2 rings (SSSR count). The van der Waals surface area contributed by atoms with E-state index in [0.717, 1.165) is 31.5 Å². The molecule has 0 aromatic carbocycles. The molecule has 0 unspecified atom stereocenters. The molecule has 1 N–H and O–H groups in total. The molecule has 0 saturated heterocycles. The lowest BCUT2D eigenvalue weighted by atomic mass is 9.73. The fourth-order valence-electron chi connectivity index (χ4n) is 2.80. The Hall–Kier alpha value is -1.39. The Morgan fingerprint density at radius 1 is 1.45 bits per heavy atom. The minimum Gasteiger partial charge on any atom is -0.349 e. The monoisotopic (exact) mass is 278 g/mol. The third kappa shape index (κ3) is 3.58. The van der Waals surface area contributed by atoms with Crippen LogP contribution in [0.25, 0.3) is 0 Å². The number of nitrogens with zero attached hydrogens (tertiary/aromatic N) is 3. The van der Waals surface area contributed by atoms with Crippen molar-refractivity contribution in [3.63, 3.8) is 0 Å². The highest BCUT2D eigenvalue weighted by Crippen LogP contribution is 2.37. The van der Waals surface area contributed by atoms with Gasteiger partial charge in [-0.25, -0.2) is 9.67 Å². The Balaban J connectivity index is 1.85. The van der Waals surface area contributed by atoms with Gasteiger partial charge in [0.1, 0.15) is 12.2 Å². The van der Waals surface area contributed by atoms with Gasteiger partial charge in [-0.1, -0.05) is 13.8 Å². The van der Waals surface area contributed by atoms with Crippen LogP contribution in [-0.2, 0) is 11.3 Å². The third-order valence-corrected chi connectivity index (χ3v) is 4.27. The Morgan fingerprint density at radius 3 is 2.70 bits per heavy atom. The van der Waals surface area contributed by atoms with Crippen molar-refractivity contribution in [3.05, 3.63) is 12.2 Å². The molecule has 112 valence electrons. The summed E-state index contributed by atoms with van der Waals surface area (Å²) >= 11 is 0. The maximum atomic E-state index is 12.2. The normalized spacial score (nSPS) is 19.2. The second kappa shape index (κ2) is 5.94. The van der Waals surface area contributed by atoms with E-state index in [1.165, 1.54) is 0 Å². The Kier molecular flexibility index (Phi) is 4.45. The van der Waals surface area contributed by atoms with E-state index in [1.807, 2.05) is 4.68 Å². The van der Waals surface area contributed by atoms with Crippen LogP contribution in [0, 0.1) is 11.3 Å². The summed E-state index contributed by atoms with van der Waals surface area (Å²) in [5.74, 6) is 1.15. The molecule has 0 bridgehead atoms. The van der Waals surface area contributed by atoms with Gasteiger partial charge >= 0.3 is 0 Å².